The molecular weight excluding hydrogens is 238 g/mol. The Morgan fingerprint density at radius 2 is 2.00 bits per heavy atom. The molecule has 0 saturated carbocycles. The van der Waals surface area contributed by atoms with Gasteiger partial charge in [0.2, 0.25) is 0 Å². The fourth-order valence-corrected chi connectivity index (χ4v) is 2.50. The lowest BCUT2D eigenvalue weighted by Crippen LogP contribution is -2.18. The molecule has 1 aromatic rings. The monoisotopic (exact) mass is 263 g/mol. The fraction of sp³-hybridized carbons (Fsp3) is 0.500. The number of hydrogen-bond donors (Lipinski definition) is 1. The number of allylic oxidation sites excluding steroid dienone is 1. The molecule has 0 amide bonds. The molecule has 0 radical (unpaired) electrons. The first-order chi connectivity index (χ1) is 8.72. The van der Waals surface area contributed by atoms with E-state index >= 15 is 0 Å². The molecule has 100 valence electrons. The Balaban J connectivity index is 2.26. The Morgan fingerprint density at radius 1 is 1.28 bits per heavy atom. The molecule has 0 aliphatic rings. The zero-order valence-corrected chi connectivity index (χ0v) is 12.4. The van der Waals surface area contributed by atoms with Gasteiger partial charge in [0.25, 0.3) is 0 Å². The molecule has 0 unspecified atom stereocenters. The van der Waals surface area contributed by atoms with Crippen molar-refractivity contribution in [2.75, 3.05) is 12.3 Å². The quantitative estimate of drug-likeness (QED) is 0.400. The van der Waals surface area contributed by atoms with E-state index in [1.807, 2.05) is 17.8 Å². The van der Waals surface area contributed by atoms with Gasteiger partial charge in [0.1, 0.15) is 0 Å². The highest BCUT2D eigenvalue weighted by Gasteiger charge is 1.97. The van der Waals surface area contributed by atoms with Gasteiger partial charge >= 0.3 is 0 Å². The predicted octanol–water partition coefficient (Wildman–Crippen LogP) is 4.49. The number of rotatable bonds is 9. The molecule has 0 bridgehead atoms. The van der Waals surface area contributed by atoms with E-state index in [1.54, 1.807) is 0 Å². The summed E-state index contributed by atoms with van der Waals surface area (Å²) in [5, 5.41) is 3.46. The van der Waals surface area contributed by atoms with Crippen LogP contribution in [0.4, 0.5) is 0 Å². The van der Waals surface area contributed by atoms with Crippen LogP contribution in [0.5, 0.6) is 0 Å². The van der Waals surface area contributed by atoms with Gasteiger partial charge in [-0.05, 0) is 48.8 Å². The van der Waals surface area contributed by atoms with E-state index in [0.29, 0.717) is 5.92 Å². The predicted molar refractivity (Wildman–Crippen MR) is 83.1 cm³/mol. The summed E-state index contributed by atoms with van der Waals surface area (Å²) in [6.07, 6.45) is 4.32. The van der Waals surface area contributed by atoms with Crippen LogP contribution in [0, 0.1) is 5.92 Å². The van der Waals surface area contributed by atoms with Crippen LogP contribution in [0.2, 0.25) is 0 Å². The molecule has 2 heteroatoms. The third kappa shape index (κ3) is 6.87. The average molecular weight is 263 g/mol. The summed E-state index contributed by atoms with van der Waals surface area (Å²) < 4.78 is 0. The molecule has 0 atom stereocenters. The SMILES string of the molecule is C=CCCCSc1ccc(CNCC(C)C)cc1. The summed E-state index contributed by atoms with van der Waals surface area (Å²) in [5.74, 6) is 1.89. The average Bonchev–Trinajstić information content (AvgIpc) is 2.36. The number of nitrogens with one attached hydrogen (secondary N) is 1. The third-order valence-electron chi connectivity index (χ3n) is 2.63. The second kappa shape index (κ2) is 9.23. The number of benzene rings is 1. The summed E-state index contributed by atoms with van der Waals surface area (Å²) in [6, 6.07) is 8.91. The maximum absolute atomic E-state index is 3.74. The van der Waals surface area contributed by atoms with E-state index < -0.39 is 0 Å². The molecule has 18 heavy (non-hydrogen) atoms. The van der Waals surface area contributed by atoms with E-state index in [2.05, 4.69) is 50.0 Å². The van der Waals surface area contributed by atoms with Gasteiger partial charge in [-0.15, -0.1) is 18.3 Å². The van der Waals surface area contributed by atoms with Crippen molar-refractivity contribution in [1.29, 1.82) is 0 Å². The highest BCUT2D eigenvalue weighted by molar-refractivity contribution is 7.99. The number of hydrogen-bond acceptors (Lipinski definition) is 2. The van der Waals surface area contributed by atoms with Crippen molar-refractivity contribution in [3.05, 3.63) is 42.5 Å². The zero-order valence-electron chi connectivity index (χ0n) is 11.6. The van der Waals surface area contributed by atoms with Gasteiger partial charge in [-0.3, -0.25) is 0 Å². The van der Waals surface area contributed by atoms with Gasteiger partial charge < -0.3 is 5.32 Å². The molecule has 0 saturated heterocycles. The maximum Gasteiger partial charge on any atom is 0.0205 e. The number of thioether (sulfide) groups is 1. The Bertz CT molecular complexity index is 329. The standard InChI is InChI=1S/C16H25NS/c1-4-5-6-11-18-16-9-7-15(8-10-16)13-17-12-14(2)3/h4,7-10,14,17H,1,5-6,11-13H2,2-3H3. The van der Waals surface area contributed by atoms with E-state index in [1.165, 1.54) is 22.6 Å². The molecule has 0 heterocycles. The smallest absolute Gasteiger partial charge is 0.0205 e. The van der Waals surface area contributed by atoms with E-state index in [9.17, 15) is 0 Å². The Kier molecular flexibility index (Phi) is 7.86. The lowest BCUT2D eigenvalue weighted by Gasteiger charge is -2.08. The van der Waals surface area contributed by atoms with E-state index in [0.717, 1.165) is 19.5 Å². The van der Waals surface area contributed by atoms with Crippen LogP contribution in [0.25, 0.3) is 0 Å². The van der Waals surface area contributed by atoms with Gasteiger partial charge in [0.15, 0.2) is 0 Å². The van der Waals surface area contributed by atoms with Crippen molar-refractivity contribution in [1.82, 2.24) is 5.32 Å². The first-order valence-corrected chi connectivity index (χ1v) is 7.74. The van der Waals surface area contributed by atoms with Gasteiger partial charge in [0.05, 0.1) is 0 Å². The van der Waals surface area contributed by atoms with Gasteiger partial charge in [-0.25, -0.2) is 0 Å². The van der Waals surface area contributed by atoms with Crippen molar-refractivity contribution in [3.63, 3.8) is 0 Å². The van der Waals surface area contributed by atoms with Crippen molar-refractivity contribution in [3.8, 4) is 0 Å². The third-order valence-corrected chi connectivity index (χ3v) is 3.72. The highest BCUT2D eigenvalue weighted by atomic mass is 32.2. The molecule has 1 nitrogen and oxygen atoms in total. The highest BCUT2D eigenvalue weighted by Crippen LogP contribution is 2.19. The van der Waals surface area contributed by atoms with Gasteiger partial charge in [-0.1, -0.05) is 32.1 Å². The molecule has 1 aromatic carbocycles. The molecule has 0 spiro atoms. The minimum absolute atomic E-state index is 0.713. The molecule has 0 aliphatic carbocycles. The fourth-order valence-electron chi connectivity index (χ4n) is 1.63. The van der Waals surface area contributed by atoms with Crippen molar-refractivity contribution < 1.29 is 0 Å². The van der Waals surface area contributed by atoms with Crippen LogP contribution in [0.15, 0.2) is 41.8 Å². The lowest BCUT2D eigenvalue weighted by molar-refractivity contribution is 0.552. The molecule has 0 aromatic heterocycles. The molecule has 1 N–H and O–H groups in total. The Hall–Kier alpha value is -0.730. The second-order valence-electron chi connectivity index (χ2n) is 4.95. The van der Waals surface area contributed by atoms with Crippen LogP contribution < -0.4 is 5.32 Å². The Labute approximate surface area is 116 Å². The summed E-state index contributed by atoms with van der Waals surface area (Å²) in [7, 11) is 0. The van der Waals surface area contributed by atoms with Gasteiger partial charge in [-0.2, -0.15) is 0 Å². The van der Waals surface area contributed by atoms with Crippen molar-refractivity contribution >= 4 is 11.8 Å². The molecule has 0 aliphatic heterocycles. The lowest BCUT2D eigenvalue weighted by atomic mass is 10.2. The van der Waals surface area contributed by atoms with Gasteiger partial charge in [0, 0.05) is 11.4 Å². The topological polar surface area (TPSA) is 12.0 Å². The first-order valence-electron chi connectivity index (χ1n) is 6.75. The van der Waals surface area contributed by atoms with Crippen LogP contribution in [0.1, 0.15) is 32.3 Å². The molecular formula is C16H25NS. The van der Waals surface area contributed by atoms with Crippen LogP contribution >= 0.6 is 11.8 Å². The van der Waals surface area contributed by atoms with Crippen molar-refractivity contribution in [2.45, 2.75) is 38.1 Å². The van der Waals surface area contributed by atoms with E-state index in [4.69, 9.17) is 0 Å². The van der Waals surface area contributed by atoms with Crippen LogP contribution in [-0.4, -0.2) is 12.3 Å². The Morgan fingerprint density at radius 3 is 2.61 bits per heavy atom. The normalized spacial score (nSPS) is 10.8. The minimum Gasteiger partial charge on any atom is -0.312 e. The summed E-state index contributed by atoms with van der Waals surface area (Å²) in [6.45, 7) is 10.3. The minimum atomic E-state index is 0.713. The first kappa shape index (κ1) is 15.3. The second-order valence-corrected chi connectivity index (χ2v) is 6.12. The van der Waals surface area contributed by atoms with E-state index in [-0.39, 0.29) is 0 Å². The van der Waals surface area contributed by atoms with Crippen LogP contribution in [0.3, 0.4) is 0 Å². The number of unbranched alkanes of at least 4 members (excludes halogenated alkanes) is 1. The summed E-state index contributed by atoms with van der Waals surface area (Å²) in [5.41, 5.74) is 1.37. The molecule has 0 fully saturated rings. The largest absolute Gasteiger partial charge is 0.312 e. The molecule has 1 rings (SSSR count). The summed E-state index contributed by atoms with van der Waals surface area (Å²) >= 11 is 1.93. The summed E-state index contributed by atoms with van der Waals surface area (Å²) in [4.78, 5) is 1.37. The maximum atomic E-state index is 3.74. The van der Waals surface area contributed by atoms with Crippen molar-refractivity contribution in [2.24, 2.45) is 5.92 Å². The van der Waals surface area contributed by atoms with Crippen LogP contribution in [-0.2, 0) is 6.54 Å². The zero-order chi connectivity index (χ0) is 13.2.